The summed E-state index contributed by atoms with van der Waals surface area (Å²) in [7, 11) is 0. The average molecular weight is 379 g/mol. The first kappa shape index (κ1) is 19.6. The van der Waals surface area contributed by atoms with Gasteiger partial charge in [0.05, 0.1) is 6.61 Å². The summed E-state index contributed by atoms with van der Waals surface area (Å²) in [6.07, 6.45) is 5.62. The number of hydrogen-bond acceptors (Lipinski definition) is 6. The van der Waals surface area contributed by atoms with Crippen LogP contribution in [0.15, 0.2) is 58.3 Å². The van der Waals surface area contributed by atoms with E-state index in [1.54, 1.807) is 18.3 Å². The first-order valence-corrected chi connectivity index (χ1v) is 9.60. The Morgan fingerprint density at radius 3 is 2.39 bits per heavy atom. The number of nitrogens with zero attached hydrogens (tertiary/aromatic N) is 1. The highest BCUT2D eigenvalue weighted by Gasteiger charge is 2.20. The lowest BCUT2D eigenvalue weighted by Gasteiger charge is -2.14. The van der Waals surface area contributed by atoms with Gasteiger partial charge in [0.15, 0.2) is 0 Å². The topological polar surface area (TPSA) is 80.3 Å². The second-order valence-electron chi connectivity index (χ2n) is 6.75. The number of ether oxygens (including phenoxy) is 1. The minimum atomic E-state index is -0.499. The van der Waals surface area contributed by atoms with Crippen molar-refractivity contribution in [1.82, 2.24) is 4.98 Å². The average Bonchev–Trinajstić information content (AvgIpc) is 2.73. The molecule has 0 fully saturated rings. The molecule has 0 atom stereocenters. The van der Waals surface area contributed by atoms with E-state index in [0.717, 1.165) is 31.4 Å². The Kier molecular flexibility index (Phi) is 6.78. The lowest BCUT2D eigenvalue weighted by atomic mass is 10.1. The Hall–Kier alpha value is -3.15. The number of anilines is 3. The number of hydrogen-bond donors (Lipinski definition) is 2. The molecule has 0 saturated carbocycles. The lowest BCUT2D eigenvalue weighted by molar-refractivity contribution is 0.305. The smallest absolute Gasteiger partial charge is 0.253 e. The first-order valence-electron chi connectivity index (χ1n) is 9.60. The van der Waals surface area contributed by atoms with Gasteiger partial charge in [-0.05, 0) is 44.0 Å². The Balaban J connectivity index is 1.32. The molecule has 6 nitrogen and oxygen atoms in total. The predicted octanol–water partition coefficient (Wildman–Crippen LogP) is 3.78. The van der Waals surface area contributed by atoms with E-state index < -0.39 is 10.9 Å². The monoisotopic (exact) mass is 379 g/mol. The van der Waals surface area contributed by atoms with E-state index in [9.17, 15) is 9.59 Å². The summed E-state index contributed by atoms with van der Waals surface area (Å²) in [6, 6.07) is 13.4. The molecule has 0 radical (unpaired) electrons. The van der Waals surface area contributed by atoms with E-state index in [2.05, 4.69) is 22.5 Å². The summed E-state index contributed by atoms with van der Waals surface area (Å²) < 4.78 is 5.71. The van der Waals surface area contributed by atoms with Crippen molar-refractivity contribution in [3.8, 4) is 5.75 Å². The van der Waals surface area contributed by atoms with Gasteiger partial charge in [-0.2, -0.15) is 0 Å². The molecule has 0 bridgehead atoms. The SMILES string of the molecule is Cc1ccc(OCCCCCCNc2c(Nc3ccccn3)c(=O)c2=O)cc1. The van der Waals surface area contributed by atoms with E-state index >= 15 is 0 Å². The number of nitrogens with one attached hydrogen (secondary N) is 2. The number of aryl methyl sites for hydroxylation is 1. The van der Waals surface area contributed by atoms with Crippen LogP contribution in [0.3, 0.4) is 0 Å². The summed E-state index contributed by atoms with van der Waals surface area (Å²) in [5, 5.41) is 5.99. The maximum atomic E-state index is 11.8. The largest absolute Gasteiger partial charge is 0.494 e. The first-order chi connectivity index (χ1) is 13.6. The minimum Gasteiger partial charge on any atom is -0.494 e. The molecule has 1 heterocycles. The molecular weight excluding hydrogens is 354 g/mol. The number of unbranched alkanes of at least 4 members (excludes halogenated alkanes) is 3. The third-order valence-electron chi connectivity index (χ3n) is 4.49. The highest BCUT2D eigenvalue weighted by atomic mass is 16.5. The number of rotatable bonds is 11. The standard InChI is InChI=1S/C22H25N3O3/c1-16-9-11-17(12-10-16)28-15-7-3-2-5-14-24-19-20(22(27)21(19)26)25-18-8-4-6-13-23-18/h4,6,8-13,24H,2-3,5,7,14-15H2,1H3,(H,23,25). The molecule has 3 rings (SSSR count). The molecule has 28 heavy (non-hydrogen) atoms. The lowest BCUT2D eigenvalue weighted by Crippen LogP contribution is -2.36. The van der Waals surface area contributed by atoms with E-state index in [-0.39, 0.29) is 0 Å². The van der Waals surface area contributed by atoms with Crippen LogP contribution in [0, 0.1) is 6.92 Å². The molecular formula is C22H25N3O3. The van der Waals surface area contributed by atoms with Gasteiger partial charge in [-0.3, -0.25) is 9.59 Å². The van der Waals surface area contributed by atoms with E-state index in [4.69, 9.17) is 4.74 Å². The summed E-state index contributed by atoms with van der Waals surface area (Å²) in [5.74, 6) is 1.45. The molecule has 0 aliphatic rings. The third kappa shape index (κ3) is 5.19. The van der Waals surface area contributed by atoms with Crippen LogP contribution in [0.5, 0.6) is 5.75 Å². The van der Waals surface area contributed by atoms with Gasteiger partial charge in [0.25, 0.3) is 10.9 Å². The molecule has 0 aliphatic heterocycles. The maximum absolute atomic E-state index is 11.8. The van der Waals surface area contributed by atoms with Crippen molar-refractivity contribution in [3.63, 3.8) is 0 Å². The van der Waals surface area contributed by atoms with Crippen LogP contribution in [0.4, 0.5) is 17.2 Å². The van der Waals surface area contributed by atoms with Gasteiger partial charge in [0.1, 0.15) is 22.9 Å². The van der Waals surface area contributed by atoms with E-state index in [0.29, 0.717) is 30.3 Å². The van der Waals surface area contributed by atoms with Crippen molar-refractivity contribution < 1.29 is 4.74 Å². The van der Waals surface area contributed by atoms with Gasteiger partial charge >= 0.3 is 0 Å². The number of aromatic nitrogens is 1. The molecule has 2 aromatic carbocycles. The molecule has 3 aromatic rings. The fourth-order valence-electron chi connectivity index (χ4n) is 2.86. The highest BCUT2D eigenvalue weighted by molar-refractivity contribution is 5.77. The van der Waals surface area contributed by atoms with Crippen molar-refractivity contribution in [2.75, 3.05) is 23.8 Å². The van der Waals surface area contributed by atoms with Crippen LogP contribution in [0.25, 0.3) is 0 Å². The Labute approximate surface area is 164 Å². The summed E-state index contributed by atoms with van der Waals surface area (Å²) in [6.45, 7) is 3.41. The molecule has 6 heteroatoms. The van der Waals surface area contributed by atoms with Crippen LogP contribution < -0.4 is 26.2 Å². The molecule has 2 N–H and O–H groups in total. The van der Waals surface area contributed by atoms with Gasteiger partial charge < -0.3 is 15.4 Å². The summed E-state index contributed by atoms with van der Waals surface area (Å²) >= 11 is 0. The van der Waals surface area contributed by atoms with Crippen molar-refractivity contribution in [2.45, 2.75) is 32.6 Å². The van der Waals surface area contributed by atoms with Crippen molar-refractivity contribution in [2.24, 2.45) is 0 Å². The Morgan fingerprint density at radius 1 is 0.893 bits per heavy atom. The quantitative estimate of drug-likeness (QED) is 0.390. The molecule has 0 amide bonds. The molecule has 1 aromatic heterocycles. The fourth-order valence-corrected chi connectivity index (χ4v) is 2.86. The van der Waals surface area contributed by atoms with Crippen LogP contribution >= 0.6 is 0 Å². The second-order valence-corrected chi connectivity index (χ2v) is 6.75. The minimum absolute atomic E-state index is 0.301. The fraction of sp³-hybridized carbons (Fsp3) is 0.318. The van der Waals surface area contributed by atoms with E-state index in [1.165, 1.54) is 5.56 Å². The van der Waals surface area contributed by atoms with Crippen LogP contribution in [-0.4, -0.2) is 18.1 Å². The highest BCUT2D eigenvalue weighted by Crippen LogP contribution is 2.19. The zero-order chi connectivity index (χ0) is 19.8. The van der Waals surface area contributed by atoms with Crippen molar-refractivity contribution in [1.29, 1.82) is 0 Å². The molecule has 0 unspecified atom stereocenters. The predicted molar refractivity (Wildman–Crippen MR) is 113 cm³/mol. The van der Waals surface area contributed by atoms with Crippen molar-refractivity contribution >= 4 is 17.2 Å². The summed E-state index contributed by atoms with van der Waals surface area (Å²) in [4.78, 5) is 27.7. The molecule has 0 spiro atoms. The van der Waals surface area contributed by atoms with Gasteiger partial charge in [-0.1, -0.05) is 36.6 Å². The van der Waals surface area contributed by atoms with Crippen molar-refractivity contribution in [3.05, 3.63) is 74.7 Å². The zero-order valence-electron chi connectivity index (χ0n) is 16.0. The normalized spacial score (nSPS) is 10.8. The molecule has 146 valence electrons. The second kappa shape index (κ2) is 9.69. The van der Waals surface area contributed by atoms with Gasteiger partial charge in [0, 0.05) is 12.7 Å². The Bertz CT molecular complexity index is 946. The molecule has 0 aliphatic carbocycles. The summed E-state index contributed by atoms with van der Waals surface area (Å²) in [5.41, 5.74) is 0.917. The molecule has 0 saturated heterocycles. The zero-order valence-corrected chi connectivity index (χ0v) is 16.0. The van der Waals surface area contributed by atoms with Gasteiger partial charge in [-0.15, -0.1) is 0 Å². The number of pyridine rings is 1. The van der Waals surface area contributed by atoms with Crippen LogP contribution in [0.2, 0.25) is 0 Å². The van der Waals surface area contributed by atoms with Gasteiger partial charge in [-0.25, -0.2) is 4.98 Å². The maximum Gasteiger partial charge on any atom is 0.253 e. The van der Waals surface area contributed by atoms with Crippen LogP contribution in [0.1, 0.15) is 31.2 Å². The van der Waals surface area contributed by atoms with Crippen LogP contribution in [-0.2, 0) is 0 Å². The van der Waals surface area contributed by atoms with E-state index in [1.807, 2.05) is 30.3 Å². The third-order valence-corrected chi connectivity index (χ3v) is 4.49. The van der Waals surface area contributed by atoms with Gasteiger partial charge in [0.2, 0.25) is 0 Å². The Morgan fingerprint density at radius 2 is 1.64 bits per heavy atom. The number of benzene rings is 1.